The van der Waals surface area contributed by atoms with E-state index in [-0.39, 0.29) is 0 Å². The Labute approximate surface area is 144 Å². The Bertz CT molecular complexity index is 951. The molecular formula is C17H18N8. The van der Waals surface area contributed by atoms with Crippen LogP contribution in [0.2, 0.25) is 0 Å². The van der Waals surface area contributed by atoms with Gasteiger partial charge < -0.3 is 0 Å². The molecule has 0 aliphatic carbocycles. The Morgan fingerprint density at radius 3 is 2.76 bits per heavy atom. The molecule has 0 saturated carbocycles. The van der Waals surface area contributed by atoms with E-state index < -0.39 is 0 Å². The second-order valence-corrected chi connectivity index (χ2v) is 5.78. The van der Waals surface area contributed by atoms with Crippen LogP contribution in [0, 0.1) is 0 Å². The van der Waals surface area contributed by atoms with Gasteiger partial charge in [-0.2, -0.15) is 10.2 Å². The van der Waals surface area contributed by atoms with E-state index in [0.717, 1.165) is 29.1 Å². The van der Waals surface area contributed by atoms with Crippen LogP contribution in [-0.2, 0) is 26.6 Å². The van der Waals surface area contributed by atoms with Crippen LogP contribution in [0.5, 0.6) is 0 Å². The van der Waals surface area contributed by atoms with Crippen molar-refractivity contribution in [3.05, 3.63) is 66.6 Å². The third-order valence-electron chi connectivity index (χ3n) is 4.09. The molecule has 0 fully saturated rings. The van der Waals surface area contributed by atoms with Crippen LogP contribution >= 0.6 is 0 Å². The summed E-state index contributed by atoms with van der Waals surface area (Å²) in [6.45, 7) is 1.41. The lowest BCUT2D eigenvalue weighted by Gasteiger charge is -2.07. The van der Waals surface area contributed by atoms with Gasteiger partial charge in [-0.15, -0.1) is 5.10 Å². The van der Waals surface area contributed by atoms with Crippen molar-refractivity contribution in [3.63, 3.8) is 0 Å². The number of hydrogen-bond donors (Lipinski definition) is 0. The Morgan fingerprint density at radius 2 is 1.96 bits per heavy atom. The maximum Gasteiger partial charge on any atom is 0.138 e. The van der Waals surface area contributed by atoms with Gasteiger partial charge in [-0.1, -0.05) is 29.5 Å². The number of nitrogens with zero attached hydrogens (tertiary/aromatic N) is 8. The van der Waals surface area contributed by atoms with Gasteiger partial charge in [0.2, 0.25) is 0 Å². The van der Waals surface area contributed by atoms with Crippen LogP contribution in [0.4, 0.5) is 0 Å². The number of aryl methyl sites for hydroxylation is 3. The van der Waals surface area contributed by atoms with Crippen LogP contribution in [0.1, 0.15) is 11.4 Å². The fraction of sp³-hybridized carbons (Fsp3) is 0.235. The van der Waals surface area contributed by atoms with Crippen LogP contribution < -0.4 is 0 Å². The summed E-state index contributed by atoms with van der Waals surface area (Å²) < 4.78 is 5.52. The van der Waals surface area contributed by atoms with Gasteiger partial charge in [0.1, 0.15) is 17.8 Å². The van der Waals surface area contributed by atoms with E-state index in [9.17, 15) is 0 Å². The summed E-state index contributed by atoms with van der Waals surface area (Å²) in [6, 6.07) is 10.1. The highest BCUT2D eigenvalue weighted by Crippen LogP contribution is 2.22. The van der Waals surface area contributed by atoms with E-state index in [1.54, 1.807) is 17.2 Å². The smallest absolute Gasteiger partial charge is 0.138 e. The predicted molar refractivity (Wildman–Crippen MR) is 91.5 cm³/mol. The van der Waals surface area contributed by atoms with Gasteiger partial charge in [-0.3, -0.25) is 14.0 Å². The quantitative estimate of drug-likeness (QED) is 0.535. The highest BCUT2D eigenvalue weighted by atomic mass is 15.4. The van der Waals surface area contributed by atoms with Crippen molar-refractivity contribution in [3.8, 4) is 11.3 Å². The molecule has 0 bridgehead atoms. The second-order valence-electron chi connectivity index (χ2n) is 5.78. The Hall–Kier alpha value is -3.29. The third kappa shape index (κ3) is 3.32. The van der Waals surface area contributed by atoms with E-state index in [1.807, 2.05) is 47.0 Å². The highest BCUT2D eigenvalue weighted by molar-refractivity contribution is 5.62. The number of benzene rings is 1. The fourth-order valence-electron chi connectivity index (χ4n) is 2.77. The largest absolute Gasteiger partial charge is 0.268 e. The lowest BCUT2D eigenvalue weighted by Crippen LogP contribution is -2.07. The summed E-state index contributed by atoms with van der Waals surface area (Å²) >= 11 is 0. The van der Waals surface area contributed by atoms with Gasteiger partial charge >= 0.3 is 0 Å². The molecule has 25 heavy (non-hydrogen) atoms. The van der Waals surface area contributed by atoms with Crippen molar-refractivity contribution in [1.82, 2.24) is 39.5 Å². The van der Waals surface area contributed by atoms with Crippen molar-refractivity contribution in [2.75, 3.05) is 0 Å². The summed E-state index contributed by atoms with van der Waals surface area (Å²) in [5, 5.41) is 16.9. The van der Waals surface area contributed by atoms with Gasteiger partial charge in [-0.25, -0.2) is 4.98 Å². The van der Waals surface area contributed by atoms with E-state index in [2.05, 4.69) is 37.6 Å². The standard InChI is InChI=1S/C17H18N8/c1-23-17(18-13-20-23)7-10-25-12-16(21-22-25)15-6-3-2-5-14(15)11-24-9-4-8-19-24/h2-6,8-9,12-13H,7,10-11H2,1H3. The molecule has 1 aromatic carbocycles. The fourth-order valence-corrected chi connectivity index (χ4v) is 2.77. The monoisotopic (exact) mass is 334 g/mol. The molecule has 3 aromatic heterocycles. The first-order chi connectivity index (χ1) is 12.3. The van der Waals surface area contributed by atoms with Crippen molar-refractivity contribution in [1.29, 1.82) is 0 Å². The summed E-state index contributed by atoms with van der Waals surface area (Å²) in [6.07, 6.45) is 8.03. The first kappa shape index (κ1) is 15.3. The van der Waals surface area contributed by atoms with Gasteiger partial charge in [0.15, 0.2) is 0 Å². The maximum absolute atomic E-state index is 4.34. The molecule has 4 rings (SSSR count). The molecule has 0 atom stereocenters. The molecule has 0 aliphatic heterocycles. The van der Waals surface area contributed by atoms with E-state index in [4.69, 9.17) is 0 Å². The number of aromatic nitrogens is 8. The van der Waals surface area contributed by atoms with Crippen LogP contribution in [0.3, 0.4) is 0 Å². The topological polar surface area (TPSA) is 79.2 Å². The summed E-state index contributed by atoms with van der Waals surface area (Å²) in [7, 11) is 1.89. The molecule has 0 unspecified atom stereocenters. The van der Waals surface area contributed by atoms with Crippen LogP contribution in [-0.4, -0.2) is 39.5 Å². The normalized spacial score (nSPS) is 11.1. The molecule has 0 N–H and O–H groups in total. The average Bonchev–Trinajstić information content (AvgIpc) is 3.36. The SMILES string of the molecule is Cn1ncnc1CCn1cc(-c2ccccc2Cn2cccn2)nn1. The van der Waals surface area contributed by atoms with E-state index in [0.29, 0.717) is 13.1 Å². The zero-order chi connectivity index (χ0) is 17.1. The molecule has 8 heteroatoms. The van der Waals surface area contributed by atoms with Gasteiger partial charge in [-0.05, 0) is 11.6 Å². The molecule has 0 amide bonds. The number of rotatable bonds is 6. The minimum Gasteiger partial charge on any atom is -0.268 e. The van der Waals surface area contributed by atoms with Crippen molar-refractivity contribution >= 4 is 0 Å². The average molecular weight is 334 g/mol. The third-order valence-corrected chi connectivity index (χ3v) is 4.09. The Balaban J connectivity index is 1.53. The lowest BCUT2D eigenvalue weighted by atomic mass is 10.1. The minimum absolute atomic E-state index is 0.703. The molecule has 0 saturated heterocycles. The van der Waals surface area contributed by atoms with E-state index in [1.165, 1.54) is 0 Å². The summed E-state index contributed by atoms with van der Waals surface area (Å²) in [5.41, 5.74) is 3.09. The number of hydrogen-bond acceptors (Lipinski definition) is 5. The maximum atomic E-state index is 4.34. The summed E-state index contributed by atoms with van der Waals surface area (Å²) in [5.74, 6) is 0.927. The highest BCUT2D eigenvalue weighted by Gasteiger charge is 2.10. The zero-order valence-electron chi connectivity index (χ0n) is 13.9. The molecule has 126 valence electrons. The Morgan fingerprint density at radius 1 is 1.04 bits per heavy atom. The zero-order valence-corrected chi connectivity index (χ0v) is 13.9. The molecule has 0 spiro atoms. The minimum atomic E-state index is 0.703. The van der Waals surface area contributed by atoms with E-state index >= 15 is 0 Å². The lowest BCUT2D eigenvalue weighted by molar-refractivity contribution is 0.561. The van der Waals surface area contributed by atoms with Crippen LogP contribution in [0.25, 0.3) is 11.3 Å². The molecule has 0 radical (unpaired) electrons. The van der Waals surface area contributed by atoms with Gasteiger partial charge in [0.05, 0.1) is 12.7 Å². The molecule has 8 nitrogen and oxygen atoms in total. The van der Waals surface area contributed by atoms with Crippen molar-refractivity contribution in [2.24, 2.45) is 7.05 Å². The van der Waals surface area contributed by atoms with Crippen molar-refractivity contribution in [2.45, 2.75) is 19.5 Å². The predicted octanol–water partition coefficient (Wildman–Crippen LogP) is 1.56. The van der Waals surface area contributed by atoms with Gasteiger partial charge in [0.25, 0.3) is 0 Å². The molecule has 3 heterocycles. The Kier molecular flexibility index (Phi) is 4.07. The van der Waals surface area contributed by atoms with Crippen LogP contribution in [0.15, 0.2) is 55.2 Å². The first-order valence-corrected chi connectivity index (χ1v) is 8.08. The van der Waals surface area contributed by atoms with Gasteiger partial charge in [0, 0.05) is 38.0 Å². The molecule has 0 aliphatic rings. The molecular weight excluding hydrogens is 316 g/mol. The summed E-state index contributed by atoms with van der Waals surface area (Å²) in [4.78, 5) is 4.23. The molecule has 4 aromatic rings. The second kappa shape index (κ2) is 6.68. The first-order valence-electron chi connectivity index (χ1n) is 8.08. The van der Waals surface area contributed by atoms with Crippen molar-refractivity contribution < 1.29 is 0 Å².